The number of benzene rings is 1. The lowest BCUT2D eigenvalue weighted by Gasteiger charge is -2.26. The lowest BCUT2D eigenvalue weighted by molar-refractivity contribution is 0.0727. The molecule has 0 radical (unpaired) electrons. The first-order chi connectivity index (χ1) is 12.4. The van der Waals surface area contributed by atoms with Gasteiger partial charge in [0.15, 0.2) is 5.89 Å². The Balaban J connectivity index is 1.62. The monoisotopic (exact) mass is 350 g/mol. The number of fused-ring (bicyclic) bond motifs is 1. The van der Waals surface area contributed by atoms with Crippen LogP contribution in [0.2, 0.25) is 0 Å². The molecule has 4 rings (SSSR count). The molecule has 0 unspecified atom stereocenters. The summed E-state index contributed by atoms with van der Waals surface area (Å²) in [6, 6.07) is 9.39. The molecule has 1 amide bonds. The van der Waals surface area contributed by atoms with E-state index in [1.165, 1.54) is 0 Å². The van der Waals surface area contributed by atoms with E-state index in [-0.39, 0.29) is 11.3 Å². The molecule has 0 bridgehead atoms. The van der Waals surface area contributed by atoms with Crippen molar-refractivity contribution in [1.82, 2.24) is 19.7 Å². The van der Waals surface area contributed by atoms with Crippen LogP contribution >= 0.6 is 0 Å². The highest BCUT2D eigenvalue weighted by atomic mass is 16.4. The summed E-state index contributed by atoms with van der Waals surface area (Å²) >= 11 is 0. The summed E-state index contributed by atoms with van der Waals surface area (Å²) in [4.78, 5) is 19.6. The van der Waals surface area contributed by atoms with Gasteiger partial charge in [0.1, 0.15) is 11.5 Å². The molecule has 1 aliphatic heterocycles. The molecular formula is C20H22N4O2. The van der Waals surface area contributed by atoms with Crippen LogP contribution in [0.3, 0.4) is 0 Å². The van der Waals surface area contributed by atoms with Crippen molar-refractivity contribution in [3.8, 4) is 5.69 Å². The van der Waals surface area contributed by atoms with Crippen molar-refractivity contribution in [2.75, 3.05) is 6.54 Å². The van der Waals surface area contributed by atoms with E-state index in [0.717, 1.165) is 23.0 Å². The molecule has 6 heteroatoms. The van der Waals surface area contributed by atoms with Crippen molar-refractivity contribution < 1.29 is 9.21 Å². The van der Waals surface area contributed by atoms with Gasteiger partial charge in [-0.2, -0.15) is 5.10 Å². The number of aromatic nitrogens is 3. The van der Waals surface area contributed by atoms with Crippen molar-refractivity contribution in [2.24, 2.45) is 0 Å². The number of rotatable bonds is 2. The predicted octanol–water partition coefficient (Wildman–Crippen LogP) is 3.36. The minimum Gasteiger partial charge on any atom is -0.445 e. The average Bonchev–Trinajstić information content (AvgIpc) is 3.29. The van der Waals surface area contributed by atoms with E-state index in [2.05, 4.69) is 30.9 Å². The highest BCUT2D eigenvalue weighted by Crippen LogP contribution is 2.28. The van der Waals surface area contributed by atoms with Gasteiger partial charge in [-0.3, -0.25) is 4.79 Å². The van der Waals surface area contributed by atoms with Crippen LogP contribution in [-0.2, 0) is 18.4 Å². The van der Waals surface area contributed by atoms with Crippen LogP contribution in [0.15, 0.2) is 47.1 Å². The molecule has 0 aliphatic carbocycles. The van der Waals surface area contributed by atoms with E-state index in [9.17, 15) is 4.79 Å². The number of oxazole rings is 1. The normalized spacial score (nSPS) is 14.3. The number of carbonyl (C=O) groups is 1. The quantitative estimate of drug-likeness (QED) is 0.711. The Morgan fingerprint density at radius 3 is 2.73 bits per heavy atom. The van der Waals surface area contributed by atoms with Gasteiger partial charge in [-0.15, -0.1) is 0 Å². The lowest BCUT2D eigenvalue weighted by atomic mass is 9.97. The fourth-order valence-electron chi connectivity index (χ4n) is 3.13. The molecule has 1 aliphatic rings. The minimum atomic E-state index is -0.140. The third-order valence-corrected chi connectivity index (χ3v) is 4.54. The van der Waals surface area contributed by atoms with Gasteiger partial charge in [-0.1, -0.05) is 32.9 Å². The van der Waals surface area contributed by atoms with E-state index >= 15 is 0 Å². The van der Waals surface area contributed by atoms with Crippen LogP contribution in [0, 0.1) is 0 Å². The zero-order chi connectivity index (χ0) is 18.3. The van der Waals surface area contributed by atoms with E-state index < -0.39 is 0 Å². The van der Waals surface area contributed by atoms with Gasteiger partial charge in [0.05, 0.1) is 17.8 Å². The summed E-state index contributed by atoms with van der Waals surface area (Å²) in [6.45, 7) is 7.33. The van der Waals surface area contributed by atoms with Crippen molar-refractivity contribution in [3.63, 3.8) is 0 Å². The molecule has 0 N–H and O–H groups in total. The Morgan fingerprint density at radius 1 is 1.19 bits per heavy atom. The van der Waals surface area contributed by atoms with Crippen LogP contribution in [-0.4, -0.2) is 32.1 Å². The van der Waals surface area contributed by atoms with E-state index in [1.807, 2.05) is 41.4 Å². The Bertz CT molecular complexity index is 935. The second-order valence-corrected chi connectivity index (χ2v) is 7.58. The molecule has 26 heavy (non-hydrogen) atoms. The second kappa shape index (κ2) is 6.12. The zero-order valence-corrected chi connectivity index (χ0v) is 15.3. The number of amides is 1. The Labute approximate surface area is 152 Å². The van der Waals surface area contributed by atoms with Gasteiger partial charge in [-0.25, -0.2) is 9.67 Å². The van der Waals surface area contributed by atoms with Gasteiger partial charge in [0.2, 0.25) is 0 Å². The first-order valence-corrected chi connectivity index (χ1v) is 8.81. The van der Waals surface area contributed by atoms with Gasteiger partial charge >= 0.3 is 0 Å². The van der Waals surface area contributed by atoms with Crippen LogP contribution in [0.1, 0.15) is 48.5 Å². The molecule has 134 valence electrons. The Kier molecular flexibility index (Phi) is 3.90. The molecule has 0 saturated carbocycles. The molecule has 1 aromatic carbocycles. The number of nitrogens with zero attached hydrogens (tertiary/aromatic N) is 4. The van der Waals surface area contributed by atoms with Gasteiger partial charge in [0, 0.05) is 30.8 Å². The smallest absolute Gasteiger partial charge is 0.256 e. The van der Waals surface area contributed by atoms with Crippen LogP contribution in [0.5, 0.6) is 0 Å². The first-order valence-electron chi connectivity index (χ1n) is 8.81. The minimum absolute atomic E-state index is 0.0120. The molecule has 0 fully saturated rings. The molecular weight excluding hydrogens is 328 g/mol. The van der Waals surface area contributed by atoms with Crippen molar-refractivity contribution in [2.45, 2.75) is 39.2 Å². The van der Waals surface area contributed by atoms with Gasteiger partial charge in [-0.05, 0) is 18.2 Å². The highest BCUT2D eigenvalue weighted by molar-refractivity contribution is 5.97. The van der Waals surface area contributed by atoms with E-state index in [1.54, 1.807) is 10.9 Å². The van der Waals surface area contributed by atoms with Crippen LogP contribution < -0.4 is 0 Å². The topological polar surface area (TPSA) is 64.2 Å². The Morgan fingerprint density at radius 2 is 2.00 bits per heavy atom. The van der Waals surface area contributed by atoms with Crippen LogP contribution in [0.4, 0.5) is 0 Å². The first kappa shape index (κ1) is 16.6. The number of carbonyl (C=O) groups excluding carboxylic acids is 1. The maximum Gasteiger partial charge on any atom is 0.256 e. The standard InChI is InChI=1S/C20H22N4O2/c1-20(2,3)19-22-15-13-23(12-9-17(15)26-19)18(25)14-7-4-5-8-16(14)24-11-6-10-21-24/h4-8,10-11H,9,12-13H2,1-3H3. The summed E-state index contributed by atoms with van der Waals surface area (Å²) in [6.07, 6.45) is 4.24. The molecule has 6 nitrogen and oxygen atoms in total. The average molecular weight is 350 g/mol. The van der Waals surface area contributed by atoms with Gasteiger partial charge < -0.3 is 9.32 Å². The summed E-state index contributed by atoms with van der Waals surface area (Å²) in [5, 5.41) is 4.26. The SMILES string of the molecule is CC(C)(C)c1nc2c(o1)CCN(C(=O)c1ccccc1-n1cccn1)C2. The highest BCUT2D eigenvalue weighted by Gasteiger charge is 2.30. The zero-order valence-electron chi connectivity index (χ0n) is 15.3. The summed E-state index contributed by atoms with van der Waals surface area (Å²) in [5.74, 6) is 1.62. The van der Waals surface area contributed by atoms with E-state index in [4.69, 9.17) is 4.42 Å². The molecule has 2 aromatic heterocycles. The maximum absolute atomic E-state index is 13.2. The summed E-state index contributed by atoms with van der Waals surface area (Å²) in [7, 11) is 0. The third-order valence-electron chi connectivity index (χ3n) is 4.54. The second-order valence-electron chi connectivity index (χ2n) is 7.58. The summed E-state index contributed by atoms with van der Waals surface area (Å²) < 4.78 is 7.64. The van der Waals surface area contributed by atoms with Gasteiger partial charge in [0.25, 0.3) is 5.91 Å². The molecule has 0 spiro atoms. The lowest BCUT2D eigenvalue weighted by Crippen LogP contribution is -2.36. The molecule has 0 saturated heterocycles. The fraction of sp³-hybridized carbons (Fsp3) is 0.350. The van der Waals surface area contributed by atoms with Crippen molar-refractivity contribution in [1.29, 1.82) is 0 Å². The summed E-state index contributed by atoms with van der Waals surface area (Å²) in [5.41, 5.74) is 2.15. The van der Waals surface area contributed by atoms with Crippen molar-refractivity contribution in [3.05, 3.63) is 65.6 Å². The molecule has 0 atom stereocenters. The number of hydrogen-bond donors (Lipinski definition) is 0. The Hall–Kier alpha value is -2.89. The van der Waals surface area contributed by atoms with E-state index in [0.29, 0.717) is 25.1 Å². The number of hydrogen-bond acceptors (Lipinski definition) is 4. The molecule has 3 heterocycles. The largest absolute Gasteiger partial charge is 0.445 e. The maximum atomic E-state index is 13.2. The third kappa shape index (κ3) is 2.92. The molecule has 3 aromatic rings. The predicted molar refractivity (Wildman–Crippen MR) is 97.2 cm³/mol. The van der Waals surface area contributed by atoms with Crippen molar-refractivity contribution >= 4 is 5.91 Å². The van der Waals surface area contributed by atoms with Crippen LogP contribution in [0.25, 0.3) is 5.69 Å². The number of para-hydroxylation sites is 1. The fourth-order valence-corrected chi connectivity index (χ4v) is 3.13.